The van der Waals surface area contributed by atoms with Crippen LogP contribution in [-0.2, 0) is 9.59 Å². The zero-order valence-corrected chi connectivity index (χ0v) is 14.9. The van der Waals surface area contributed by atoms with E-state index >= 15 is 0 Å². The second-order valence-corrected chi connectivity index (χ2v) is 6.36. The first-order chi connectivity index (χ1) is 13.0. The van der Waals surface area contributed by atoms with Crippen LogP contribution in [-0.4, -0.2) is 25.0 Å². The molecule has 1 aliphatic heterocycles. The molecule has 1 unspecified atom stereocenters. The number of hydrogen-bond acceptors (Lipinski definition) is 3. The van der Waals surface area contributed by atoms with Gasteiger partial charge in [-0.15, -0.1) is 0 Å². The van der Waals surface area contributed by atoms with Crippen molar-refractivity contribution in [3.8, 4) is 5.75 Å². The van der Waals surface area contributed by atoms with Crippen LogP contribution in [0.15, 0.2) is 42.5 Å². The molecule has 0 bridgehead atoms. The lowest BCUT2D eigenvalue weighted by atomic mass is 10.1. The van der Waals surface area contributed by atoms with Gasteiger partial charge >= 0.3 is 0 Å². The van der Waals surface area contributed by atoms with Gasteiger partial charge in [0.05, 0.1) is 18.2 Å². The Morgan fingerprint density at radius 1 is 1.22 bits per heavy atom. The topological polar surface area (TPSA) is 58.6 Å². The molecule has 27 heavy (non-hydrogen) atoms. The fourth-order valence-corrected chi connectivity index (χ4v) is 2.90. The predicted octanol–water partition coefficient (Wildman–Crippen LogP) is 3.75. The van der Waals surface area contributed by atoms with E-state index in [1.165, 1.54) is 4.90 Å². The minimum Gasteiger partial charge on any atom is -0.494 e. The third-order valence-corrected chi connectivity index (χ3v) is 4.31. The second kappa shape index (κ2) is 8.16. The lowest BCUT2D eigenvalue weighted by molar-refractivity contribution is -0.122. The maximum Gasteiger partial charge on any atom is 0.229 e. The van der Waals surface area contributed by atoms with Crippen LogP contribution >= 0.6 is 0 Å². The van der Waals surface area contributed by atoms with Gasteiger partial charge in [-0.1, -0.05) is 6.92 Å². The first kappa shape index (κ1) is 18.8. The highest BCUT2D eigenvalue weighted by atomic mass is 19.1. The molecule has 0 radical (unpaired) electrons. The Hall–Kier alpha value is -2.96. The monoisotopic (exact) mass is 374 g/mol. The number of nitrogens with zero attached hydrogens (tertiary/aromatic N) is 1. The molecule has 0 saturated carbocycles. The molecule has 1 fully saturated rings. The number of rotatable bonds is 6. The van der Waals surface area contributed by atoms with Crippen molar-refractivity contribution in [3.63, 3.8) is 0 Å². The summed E-state index contributed by atoms with van der Waals surface area (Å²) in [6.45, 7) is 2.83. The van der Waals surface area contributed by atoms with Crippen molar-refractivity contribution >= 4 is 23.2 Å². The molecule has 7 heteroatoms. The lowest BCUT2D eigenvalue weighted by Crippen LogP contribution is -2.28. The minimum atomic E-state index is -0.854. The normalized spacial score (nSPS) is 16.5. The van der Waals surface area contributed by atoms with E-state index in [1.54, 1.807) is 24.3 Å². The third kappa shape index (κ3) is 4.42. The molecule has 1 N–H and O–H groups in total. The summed E-state index contributed by atoms with van der Waals surface area (Å²) in [5, 5.41) is 2.42. The molecule has 3 rings (SSSR count). The van der Waals surface area contributed by atoms with Crippen molar-refractivity contribution in [3.05, 3.63) is 54.1 Å². The van der Waals surface area contributed by atoms with Crippen LogP contribution < -0.4 is 15.0 Å². The van der Waals surface area contributed by atoms with Crippen LogP contribution in [0.2, 0.25) is 0 Å². The Morgan fingerprint density at radius 2 is 1.96 bits per heavy atom. The summed E-state index contributed by atoms with van der Waals surface area (Å²) >= 11 is 0. The zero-order chi connectivity index (χ0) is 19.4. The van der Waals surface area contributed by atoms with Gasteiger partial charge in [-0.3, -0.25) is 9.59 Å². The Labute approximate surface area is 155 Å². The first-order valence-electron chi connectivity index (χ1n) is 8.77. The van der Waals surface area contributed by atoms with Crippen molar-refractivity contribution in [2.75, 3.05) is 23.4 Å². The summed E-state index contributed by atoms with van der Waals surface area (Å²) in [7, 11) is 0. The maximum atomic E-state index is 13.7. The molecule has 0 aliphatic carbocycles. The number of nitrogens with one attached hydrogen (secondary N) is 1. The Morgan fingerprint density at radius 3 is 2.63 bits per heavy atom. The van der Waals surface area contributed by atoms with Crippen LogP contribution in [0.3, 0.4) is 0 Å². The fourth-order valence-electron chi connectivity index (χ4n) is 2.90. The molecular formula is C20H20F2N2O3. The van der Waals surface area contributed by atoms with Gasteiger partial charge in [0.15, 0.2) is 0 Å². The maximum absolute atomic E-state index is 13.7. The number of ether oxygens (including phenoxy) is 1. The van der Waals surface area contributed by atoms with Crippen LogP contribution in [0.5, 0.6) is 5.75 Å². The van der Waals surface area contributed by atoms with E-state index in [0.29, 0.717) is 24.1 Å². The van der Waals surface area contributed by atoms with E-state index in [4.69, 9.17) is 4.74 Å². The molecule has 1 aliphatic rings. The van der Waals surface area contributed by atoms with Crippen molar-refractivity contribution in [2.45, 2.75) is 19.8 Å². The quantitative estimate of drug-likeness (QED) is 0.838. The van der Waals surface area contributed by atoms with Gasteiger partial charge in [0.1, 0.15) is 17.4 Å². The number of amides is 2. The SMILES string of the molecule is CCCOc1ccc(N2CC(C(=O)Nc3ccc(F)cc3F)CC2=O)cc1. The van der Waals surface area contributed by atoms with Crippen molar-refractivity contribution in [1.82, 2.24) is 0 Å². The van der Waals surface area contributed by atoms with Gasteiger partial charge in [0.25, 0.3) is 0 Å². The summed E-state index contributed by atoms with van der Waals surface area (Å²) in [5.41, 5.74) is 0.567. The first-order valence-corrected chi connectivity index (χ1v) is 8.77. The van der Waals surface area contributed by atoms with Gasteiger partial charge in [-0.25, -0.2) is 8.78 Å². The number of hydrogen-bond donors (Lipinski definition) is 1. The zero-order valence-electron chi connectivity index (χ0n) is 14.9. The van der Waals surface area contributed by atoms with E-state index in [2.05, 4.69) is 5.32 Å². The van der Waals surface area contributed by atoms with E-state index in [9.17, 15) is 18.4 Å². The van der Waals surface area contributed by atoms with E-state index < -0.39 is 23.5 Å². The third-order valence-electron chi connectivity index (χ3n) is 4.31. The molecule has 0 spiro atoms. The standard InChI is InChI=1S/C20H20F2N2O3/c1-2-9-27-16-6-4-15(5-7-16)24-12-13(10-19(24)25)20(26)23-18-8-3-14(21)11-17(18)22/h3-8,11,13H,2,9-10,12H2,1H3,(H,23,26). The summed E-state index contributed by atoms with van der Waals surface area (Å²) in [4.78, 5) is 26.2. The van der Waals surface area contributed by atoms with Gasteiger partial charge in [0.2, 0.25) is 11.8 Å². The average molecular weight is 374 g/mol. The number of benzene rings is 2. The number of anilines is 2. The van der Waals surface area contributed by atoms with E-state index in [1.807, 2.05) is 6.92 Å². The Balaban J connectivity index is 1.65. The number of halogens is 2. The minimum absolute atomic E-state index is 0.0305. The number of carbonyl (C=O) groups excluding carboxylic acids is 2. The van der Waals surface area contributed by atoms with Gasteiger partial charge < -0.3 is 15.0 Å². The molecule has 0 aromatic heterocycles. The summed E-state index contributed by atoms with van der Waals surface area (Å²) < 4.78 is 32.2. The van der Waals surface area contributed by atoms with E-state index in [0.717, 1.165) is 18.6 Å². The largest absolute Gasteiger partial charge is 0.494 e. The van der Waals surface area contributed by atoms with Crippen molar-refractivity contribution < 1.29 is 23.1 Å². The summed E-state index contributed by atoms with van der Waals surface area (Å²) in [6.07, 6.45) is 0.931. The lowest BCUT2D eigenvalue weighted by Gasteiger charge is -2.17. The molecule has 2 aromatic rings. The smallest absolute Gasteiger partial charge is 0.229 e. The van der Waals surface area contributed by atoms with Crippen LogP contribution in [0.1, 0.15) is 19.8 Å². The van der Waals surface area contributed by atoms with Crippen LogP contribution in [0, 0.1) is 17.6 Å². The molecule has 142 valence electrons. The molecular weight excluding hydrogens is 354 g/mol. The molecule has 5 nitrogen and oxygen atoms in total. The highest BCUT2D eigenvalue weighted by Crippen LogP contribution is 2.28. The van der Waals surface area contributed by atoms with Gasteiger partial charge in [-0.2, -0.15) is 0 Å². The number of carbonyl (C=O) groups is 2. The Bertz CT molecular complexity index is 840. The van der Waals surface area contributed by atoms with Crippen molar-refractivity contribution in [1.29, 1.82) is 0 Å². The molecule has 2 amide bonds. The second-order valence-electron chi connectivity index (χ2n) is 6.36. The Kier molecular flexibility index (Phi) is 5.69. The van der Waals surface area contributed by atoms with Gasteiger partial charge in [-0.05, 0) is 42.8 Å². The molecule has 1 saturated heterocycles. The van der Waals surface area contributed by atoms with Crippen LogP contribution in [0.25, 0.3) is 0 Å². The highest BCUT2D eigenvalue weighted by molar-refractivity contribution is 6.03. The molecule has 2 aromatic carbocycles. The van der Waals surface area contributed by atoms with Crippen LogP contribution in [0.4, 0.5) is 20.2 Å². The fraction of sp³-hybridized carbons (Fsp3) is 0.300. The predicted molar refractivity (Wildman–Crippen MR) is 97.7 cm³/mol. The highest BCUT2D eigenvalue weighted by Gasteiger charge is 2.35. The summed E-state index contributed by atoms with van der Waals surface area (Å²) in [6, 6.07) is 10.0. The molecule has 1 atom stereocenters. The summed E-state index contributed by atoms with van der Waals surface area (Å²) in [5.74, 6) is -2.13. The average Bonchev–Trinajstić information content (AvgIpc) is 3.04. The van der Waals surface area contributed by atoms with E-state index in [-0.39, 0.29) is 24.6 Å². The van der Waals surface area contributed by atoms with Crippen molar-refractivity contribution in [2.24, 2.45) is 5.92 Å². The molecule has 1 heterocycles. The van der Waals surface area contributed by atoms with Gasteiger partial charge in [0, 0.05) is 24.7 Å².